The maximum absolute atomic E-state index is 2.44. The first kappa shape index (κ1) is 32.8. The standard InChI is InChI=1S/C46H48N2/c1-33-15-11-22-42(29-33)47(45(3,4)5)43-23-14-21-40(32-43)39-20-13-19-38(31-39)37-18-12-17-36(30-37)35-25-27-41(28-26-35)48(46(6,7)8)44-24-10-9-16-34(44)2/h9-32H,1-8H3. The molecule has 6 rings (SSSR count). The van der Waals surface area contributed by atoms with E-state index in [1.165, 1.54) is 67.3 Å². The summed E-state index contributed by atoms with van der Waals surface area (Å²) in [6.07, 6.45) is 0. The van der Waals surface area contributed by atoms with Gasteiger partial charge in [0.2, 0.25) is 0 Å². The number of anilines is 4. The van der Waals surface area contributed by atoms with Gasteiger partial charge in [0.25, 0.3) is 0 Å². The van der Waals surface area contributed by atoms with Gasteiger partial charge in [-0.1, -0.05) is 91.0 Å². The third-order valence-corrected chi connectivity index (χ3v) is 8.91. The van der Waals surface area contributed by atoms with Crippen LogP contribution in [-0.4, -0.2) is 11.1 Å². The molecule has 0 amide bonds. The highest BCUT2D eigenvalue weighted by Gasteiger charge is 2.25. The Labute approximate surface area is 288 Å². The smallest absolute Gasteiger partial charge is 0.0445 e. The second-order valence-electron chi connectivity index (χ2n) is 14.9. The van der Waals surface area contributed by atoms with Crippen LogP contribution < -0.4 is 9.80 Å². The Morgan fingerprint density at radius 2 is 0.812 bits per heavy atom. The van der Waals surface area contributed by atoms with Crippen molar-refractivity contribution in [2.24, 2.45) is 0 Å². The fourth-order valence-corrected chi connectivity index (χ4v) is 6.78. The highest BCUT2D eigenvalue weighted by atomic mass is 15.2. The molecule has 2 heteroatoms. The van der Waals surface area contributed by atoms with Crippen LogP contribution in [0.5, 0.6) is 0 Å². The summed E-state index contributed by atoms with van der Waals surface area (Å²) in [4.78, 5) is 4.87. The van der Waals surface area contributed by atoms with Crippen molar-refractivity contribution in [3.63, 3.8) is 0 Å². The predicted octanol–water partition coefficient (Wildman–Crippen LogP) is 13.2. The van der Waals surface area contributed by atoms with Gasteiger partial charge in [-0.15, -0.1) is 0 Å². The molecule has 0 unspecified atom stereocenters. The molecule has 0 heterocycles. The third kappa shape index (κ3) is 7.09. The molecule has 0 aliphatic heterocycles. The summed E-state index contributed by atoms with van der Waals surface area (Å²) in [5.41, 5.74) is 14.5. The van der Waals surface area contributed by atoms with Crippen LogP contribution in [0.3, 0.4) is 0 Å². The fourth-order valence-electron chi connectivity index (χ4n) is 6.78. The van der Waals surface area contributed by atoms with E-state index in [-0.39, 0.29) is 11.1 Å². The van der Waals surface area contributed by atoms with E-state index in [4.69, 9.17) is 0 Å². The largest absolute Gasteiger partial charge is 0.336 e. The minimum atomic E-state index is -0.0849. The number of para-hydroxylation sites is 1. The molecule has 6 aromatic carbocycles. The lowest BCUT2D eigenvalue weighted by atomic mass is 9.95. The topological polar surface area (TPSA) is 6.48 Å². The van der Waals surface area contributed by atoms with Gasteiger partial charge in [-0.25, -0.2) is 0 Å². The quantitative estimate of drug-likeness (QED) is 0.174. The van der Waals surface area contributed by atoms with Crippen molar-refractivity contribution in [3.8, 4) is 33.4 Å². The molecular weight excluding hydrogens is 581 g/mol. The molecular formula is C46H48N2. The van der Waals surface area contributed by atoms with Crippen molar-refractivity contribution >= 4 is 22.7 Å². The van der Waals surface area contributed by atoms with Crippen molar-refractivity contribution in [2.45, 2.75) is 66.5 Å². The van der Waals surface area contributed by atoms with Crippen LogP contribution in [0, 0.1) is 13.8 Å². The van der Waals surface area contributed by atoms with Crippen molar-refractivity contribution in [3.05, 3.63) is 157 Å². The number of aryl methyl sites for hydroxylation is 2. The Kier molecular flexibility index (Phi) is 9.03. The van der Waals surface area contributed by atoms with E-state index in [0.29, 0.717) is 0 Å². The Balaban J connectivity index is 1.30. The van der Waals surface area contributed by atoms with E-state index in [0.717, 1.165) is 0 Å². The molecule has 0 radical (unpaired) electrons. The zero-order chi connectivity index (χ0) is 34.1. The van der Waals surface area contributed by atoms with Crippen LogP contribution in [0.2, 0.25) is 0 Å². The van der Waals surface area contributed by atoms with Gasteiger partial charge in [-0.05, 0) is 154 Å². The van der Waals surface area contributed by atoms with Gasteiger partial charge < -0.3 is 9.80 Å². The summed E-state index contributed by atoms with van der Waals surface area (Å²) in [5.74, 6) is 0. The predicted molar refractivity (Wildman–Crippen MR) is 209 cm³/mol. The zero-order valence-electron chi connectivity index (χ0n) is 29.8. The van der Waals surface area contributed by atoms with Gasteiger partial charge >= 0.3 is 0 Å². The lowest BCUT2D eigenvalue weighted by molar-refractivity contribution is 0.559. The first-order valence-corrected chi connectivity index (χ1v) is 17.0. The molecule has 0 bridgehead atoms. The van der Waals surface area contributed by atoms with E-state index in [9.17, 15) is 0 Å². The van der Waals surface area contributed by atoms with Crippen LogP contribution in [-0.2, 0) is 0 Å². The molecule has 0 aromatic heterocycles. The van der Waals surface area contributed by atoms with Crippen LogP contribution in [0.4, 0.5) is 22.7 Å². The molecule has 48 heavy (non-hydrogen) atoms. The van der Waals surface area contributed by atoms with Crippen molar-refractivity contribution in [1.29, 1.82) is 0 Å². The van der Waals surface area contributed by atoms with Crippen LogP contribution in [0.1, 0.15) is 52.7 Å². The molecule has 242 valence electrons. The van der Waals surface area contributed by atoms with Gasteiger partial charge in [0.05, 0.1) is 0 Å². The SMILES string of the molecule is Cc1cccc(N(c2cccc(-c3cccc(-c4cccc(-c5ccc(N(c6ccccc6C)C(C)(C)C)cc5)c4)c3)c2)C(C)(C)C)c1. The summed E-state index contributed by atoms with van der Waals surface area (Å²) >= 11 is 0. The van der Waals surface area contributed by atoms with E-state index in [1.54, 1.807) is 0 Å². The molecule has 0 spiro atoms. The summed E-state index contributed by atoms with van der Waals surface area (Å²) in [5, 5.41) is 0. The molecule has 0 N–H and O–H groups in total. The summed E-state index contributed by atoms with van der Waals surface area (Å²) in [6, 6.07) is 53.2. The molecule has 0 saturated carbocycles. The van der Waals surface area contributed by atoms with Gasteiger partial charge in [0, 0.05) is 33.8 Å². The minimum absolute atomic E-state index is 0.0658. The molecule has 6 aromatic rings. The Bertz CT molecular complexity index is 2020. The maximum atomic E-state index is 2.44. The Morgan fingerprint density at radius 3 is 1.33 bits per heavy atom. The number of rotatable bonds is 7. The normalized spacial score (nSPS) is 11.8. The van der Waals surface area contributed by atoms with Crippen LogP contribution in [0.25, 0.3) is 33.4 Å². The number of benzene rings is 6. The first-order chi connectivity index (χ1) is 22.9. The zero-order valence-corrected chi connectivity index (χ0v) is 29.8. The highest BCUT2D eigenvalue weighted by molar-refractivity contribution is 5.80. The lowest BCUT2D eigenvalue weighted by Gasteiger charge is -2.39. The average Bonchev–Trinajstić information content (AvgIpc) is 3.05. The summed E-state index contributed by atoms with van der Waals surface area (Å²) < 4.78 is 0. The second-order valence-corrected chi connectivity index (χ2v) is 14.9. The highest BCUT2D eigenvalue weighted by Crippen LogP contribution is 2.38. The maximum Gasteiger partial charge on any atom is 0.0445 e. The van der Waals surface area contributed by atoms with Crippen molar-refractivity contribution in [2.75, 3.05) is 9.80 Å². The molecule has 0 saturated heterocycles. The Hall–Kier alpha value is -5.08. The number of hydrogen-bond acceptors (Lipinski definition) is 2. The monoisotopic (exact) mass is 628 g/mol. The molecule has 2 nitrogen and oxygen atoms in total. The van der Waals surface area contributed by atoms with Crippen LogP contribution >= 0.6 is 0 Å². The van der Waals surface area contributed by atoms with Crippen LogP contribution in [0.15, 0.2) is 146 Å². The molecule has 0 aliphatic carbocycles. The third-order valence-electron chi connectivity index (χ3n) is 8.91. The molecule has 0 aliphatic rings. The second kappa shape index (κ2) is 13.2. The van der Waals surface area contributed by atoms with Crippen molar-refractivity contribution in [1.82, 2.24) is 0 Å². The summed E-state index contributed by atoms with van der Waals surface area (Å²) in [7, 11) is 0. The van der Waals surface area contributed by atoms with E-state index in [1.807, 2.05) is 0 Å². The molecule has 0 fully saturated rings. The molecule has 0 atom stereocenters. The first-order valence-electron chi connectivity index (χ1n) is 17.0. The van der Waals surface area contributed by atoms with E-state index >= 15 is 0 Å². The van der Waals surface area contributed by atoms with Gasteiger partial charge in [-0.2, -0.15) is 0 Å². The Morgan fingerprint density at radius 1 is 0.354 bits per heavy atom. The van der Waals surface area contributed by atoms with Gasteiger partial charge in [-0.3, -0.25) is 0 Å². The fraction of sp³-hybridized carbons (Fsp3) is 0.217. The number of hydrogen-bond donors (Lipinski definition) is 0. The minimum Gasteiger partial charge on any atom is -0.336 e. The van der Waals surface area contributed by atoms with E-state index < -0.39 is 0 Å². The lowest BCUT2D eigenvalue weighted by Crippen LogP contribution is -2.38. The number of nitrogens with zero attached hydrogens (tertiary/aromatic N) is 2. The van der Waals surface area contributed by atoms with Crippen molar-refractivity contribution < 1.29 is 0 Å². The van der Waals surface area contributed by atoms with Gasteiger partial charge in [0.15, 0.2) is 0 Å². The van der Waals surface area contributed by atoms with Gasteiger partial charge in [0.1, 0.15) is 0 Å². The van der Waals surface area contributed by atoms with E-state index in [2.05, 4.69) is 211 Å². The summed E-state index contributed by atoms with van der Waals surface area (Å²) in [6.45, 7) is 18.0. The average molecular weight is 629 g/mol.